The molecule has 0 heterocycles. The average molecular weight is 1130 g/mol. The van der Waals surface area contributed by atoms with Crippen molar-refractivity contribution in [1.82, 2.24) is 0 Å². The number of phosphoric ester groups is 2. The standard InChI is InChI=1S/C57H110O17P2/c1-6-10-13-16-18-20-21-22-27-31-36-41-55(60)68-47-53(74-57(62)43-38-33-28-24-23-25-30-34-39-50(5)9-4)49-72-76(65,66)70-45-51(58)44-69-75(63,64)71-48-52(46-67-54(59)40-35-29-15-12-8-3)73-56(61)42-37-32-26-19-17-14-11-7-2/h50-53,58H,6-49H2,1-5H3,(H,63,64)(H,65,66)/t50?,51-,52+,53+/m0/s1. The maximum absolute atomic E-state index is 12.9. The van der Waals surface area contributed by atoms with E-state index < -0.39 is 97.5 Å². The lowest BCUT2D eigenvalue weighted by Crippen LogP contribution is -2.30. The van der Waals surface area contributed by atoms with Crippen LogP contribution < -0.4 is 0 Å². The van der Waals surface area contributed by atoms with Crippen LogP contribution in [0, 0.1) is 5.92 Å². The number of aliphatic hydroxyl groups excluding tert-OH is 1. The van der Waals surface area contributed by atoms with Gasteiger partial charge in [0.05, 0.1) is 26.4 Å². The second-order valence-corrected chi connectivity index (χ2v) is 23.8. The molecule has 0 spiro atoms. The molecule has 3 N–H and O–H groups in total. The molecule has 0 aliphatic heterocycles. The van der Waals surface area contributed by atoms with E-state index in [4.69, 9.17) is 37.0 Å². The van der Waals surface area contributed by atoms with Gasteiger partial charge in [-0.3, -0.25) is 37.3 Å². The zero-order chi connectivity index (χ0) is 56.4. The minimum atomic E-state index is -4.93. The number of rotatable bonds is 57. The summed E-state index contributed by atoms with van der Waals surface area (Å²) >= 11 is 0. The topological polar surface area (TPSA) is 237 Å². The van der Waals surface area contributed by atoms with Crippen molar-refractivity contribution in [2.75, 3.05) is 39.6 Å². The number of hydrogen-bond donors (Lipinski definition) is 3. The van der Waals surface area contributed by atoms with Crippen LogP contribution in [0.5, 0.6) is 0 Å². The van der Waals surface area contributed by atoms with Crippen LogP contribution in [0.15, 0.2) is 0 Å². The van der Waals surface area contributed by atoms with Crippen molar-refractivity contribution >= 4 is 39.5 Å². The Labute approximate surface area is 460 Å². The Balaban J connectivity index is 5.19. The van der Waals surface area contributed by atoms with E-state index in [2.05, 4.69) is 34.6 Å². The minimum Gasteiger partial charge on any atom is -0.462 e. The van der Waals surface area contributed by atoms with Gasteiger partial charge in [0.25, 0.3) is 0 Å². The number of aliphatic hydroxyl groups is 1. The van der Waals surface area contributed by atoms with Crippen LogP contribution in [-0.2, 0) is 65.4 Å². The number of carbonyl (C=O) groups excluding carboxylic acids is 4. The Morgan fingerprint density at radius 3 is 0.934 bits per heavy atom. The molecular formula is C57H110O17P2. The quantitative estimate of drug-likeness (QED) is 0.0222. The van der Waals surface area contributed by atoms with Crippen molar-refractivity contribution < 1.29 is 80.2 Å². The largest absolute Gasteiger partial charge is 0.472 e. The Kier molecular flexibility index (Phi) is 49.9. The van der Waals surface area contributed by atoms with Crippen molar-refractivity contribution in [3.05, 3.63) is 0 Å². The van der Waals surface area contributed by atoms with Gasteiger partial charge >= 0.3 is 39.5 Å². The van der Waals surface area contributed by atoms with E-state index in [1.165, 1.54) is 89.9 Å². The van der Waals surface area contributed by atoms with E-state index >= 15 is 0 Å². The van der Waals surface area contributed by atoms with Crippen LogP contribution >= 0.6 is 15.6 Å². The maximum atomic E-state index is 12.9. The van der Waals surface area contributed by atoms with E-state index in [9.17, 15) is 43.2 Å². The lowest BCUT2D eigenvalue weighted by molar-refractivity contribution is -0.161. The van der Waals surface area contributed by atoms with Gasteiger partial charge < -0.3 is 33.8 Å². The predicted molar refractivity (Wildman–Crippen MR) is 298 cm³/mol. The van der Waals surface area contributed by atoms with E-state index in [1.54, 1.807) is 0 Å². The first-order valence-electron chi connectivity index (χ1n) is 30.2. The number of unbranched alkanes of at least 4 members (excludes halogenated alkanes) is 28. The van der Waals surface area contributed by atoms with Gasteiger partial charge in [0.15, 0.2) is 12.2 Å². The first kappa shape index (κ1) is 74.1. The highest BCUT2D eigenvalue weighted by molar-refractivity contribution is 7.47. The Hall–Kier alpha value is -1.94. The van der Waals surface area contributed by atoms with Gasteiger partial charge in [0.2, 0.25) is 0 Å². The molecule has 0 saturated heterocycles. The van der Waals surface area contributed by atoms with Crippen molar-refractivity contribution in [3.8, 4) is 0 Å². The molecule has 450 valence electrons. The monoisotopic (exact) mass is 1130 g/mol. The van der Waals surface area contributed by atoms with Crippen molar-refractivity contribution in [1.29, 1.82) is 0 Å². The number of ether oxygens (including phenoxy) is 4. The molecule has 6 atom stereocenters. The van der Waals surface area contributed by atoms with Gasteiger partial charge in [-0.2, -0.15) is 0 Å². The first-order chi connectivity index (χ1) is 36.6. The SMILES string of the molecule is CCCCCCCCCCCCCC(=O)OC[C@H](COP(=O)(O)OC[C@@H](O)COP(=O)(O)OC[C@@H](COC(=O)CCCCCCC)OC(=O)CCCCCCCCCC)OC(=O)CCCCCCCCCCC(C)CC. The van der Waals surface area contributed by atoms with Crippen molar-refractivity contribution in [2.24, 2.45) is 5.92 Å². The molecule has 0 amide bonds. The van der Waals surface area contributed by atoms with E-state index in [0.29, 0.717) is 25.7 Å². The molecule has 0 aliphatic rings. The Bertz CT molecular complexity index is 1500. The van der Waals surface area contributed by atoms with E-state index in [-0.39, 0.29) is 25.7 Å². The third-order valence-electron chi connectivity index (χ3n) is 13.4. The van der Waals surface area contributed by atoms with Gasteiger partial charge in [-0.05, 0) is 31.6 Å². The van der Waals surface area contributed by atoms with Crippen LogP contribution in [0.4, 0.5) is 0 Å². The highest BCUT2D eigenvalue weighted by atomic mass is 31.2. The second kappa shape index (κ2) is 51.2. The number of carbonyl (C=O) groups is 4. The molecule has 19 heteroatoms. The van der Waals surface area contributed by atoms with Crippen LogP contribution in [-0.4, -0.2) is 96.7 Å². The fourth-order valence-corrected chi connectivity index (χ4v) is 9.89. The summed E-state index contributed by atoms with van der Waals surface area (Å²) in [5.41, 5.74) is 0. The minimum absolute atomic E-state index is 0.104. The third kappa shape index (κ3) is 50.3. The molecule has 0 saturated carbocycles. The Morgan fingerprint density at radius 2 is 0.632 bits per heavy atom. The van der Waals surface area contributed by atoms with Gasteiger partial charge in [-0.15, -0.1) is 0 Å². The highest BCUT2D eigenvalue weighted by Crippen LogP contribution is 2.45. The summed E-state index contributed by atoms with van der Waals surface area (Å²) in [6, 6.07) is 0. The Morgan fingerprint density at radius 1 is 0.368 bits per heavy atom. The lowest BCUT2D eigenvalue weighted by Gasteiger charge is -2.21. The second-order valence-electron chi connectivity index (χ2n) is 20.9. The van der Waals surface area contributed by atoms with Gasteiger partial charge in [0, 0.05) is 25.7 Å². The number of esters is 4. The summed E-state index contributed by atoms with van der Waals surface area (Å²) < 4.78 is 67.4. The molecule has 0 aromatic rings. The summed E-state index contributed by atoms with van der Waals surface area (Å²) in [5.74, 6) is -1.39. The molecular weight excluding hydrogens is 1020 g/mol. The molecule has 3 unspecified atom stereocenters. The molecule has 0 aromatic carbocycles. The summed E-state index contributed by atoms with van der Waals surface area (Å²) in [7, 11) is -9.86. The first-order valence-corrected chi connectivity index (χ1v) is 33.2. The smallest absolute Gasteiger partial charge is 0.462 e. The molecule has 0 rings (SSSR count). The van der Waals surface area contributed by atoms with E-state index in [0.717, 1.165) is 109 Å². The third-order valence-corrected chi connectivity index (χ3v) is 15.3. The van der Waals surface area contributed by atoms with Crippen molar-refractivity contribution in [3.63, 3.8) is 0 Å². The van der Waals surface area contributed by atoms with Crippen LogP contribution in [0.2, 0.25) is 0 Å². The summed E-state index contributed by atoms with van der Waals surface area (Å²) in [4.78, 5) is 71.5. The van der Waals surface area contributed by atoms with Crippen LogP contribution in [0.3, 0.4) is 0 Å². The van der Waals surface area contributed by atoms with Gasteiger partial charge in [-0.1, -0.05) is 227 Å². The molecule has 76 heavy (non-hydrogen) atoms. The summed E-state index contributed by atoms with van der Waals surface area (Å²) in [6.07, 6.45) is 32.4. The van der Waals surface area contributed by atoms with Gasteiger partial charge in [-0.25, -0.2) is 9.13 Å². The molecule has 0 bridgehead atoms. The zero-order valence-corrected chi connectivity index (χ0v) is 50.2. The van der Waals surface area contributed by atoms with E-state index in [1.807, 2.05) is 0 Å². The van der Waals surface area contributed by atoms with Gasteiger partial charge in [0.1, 0.15) is 19.3 Å². The molecule has 0 aromatic heterocycles. The van der Waals surface area contributed by atoms with Crippen LogP contribution in [0.1, 0.15) is 279 Å². The fourth-order valence-electron chi connectivity index (χ4n) is 8.31. The summed E-state index contributed by atoms with van der Waals surface area (Å²) in [6.45, 7) is 7.02. The van der Waals surface area contributed by atoms with Crippen LogP contribution in [0.25, 0.3) is 0 Å². The normalized spacial score (nSPS) is 14.8. The summed E-state index contributed by atoms with van der Waals surface area (Å²) in [5, 5.41) is 10.5. The highest BCUT2D eigenvalue weighted by Gasteiger charge is 2.30. The lowest BCUT2D eigenvalue weighted by atomic mass is 9.99. The molecule has 0 fully saturated rings. The predicted octanol–water partition coefficient (Wildman–Crippen LogP) is 15.1. The number of phosphoric acid groups is 2. The average Bonchev–Trinajstić information content (AvgIpc) is 3.39. The molecule has 0 aliphatic carbocycles. The molecule has 0 radical (unpaired) electrons. The zero-order valence-electron chi connectivity index (χ0n) is 48.4. The van der Waals surface area contributed by atoms with Crippen molar-refractivity contribution in [2.45, 2.75) is 297 Å². The fraction of sp³-hybridized carbons (Fsp3) is 0.930. The number of hydrogen-bond acceptors (Lipinski definition) is 15. The maximum Gasteiger partial charge on any atom is 0.472 e. The molecule has 17 nitrogen and oxygen atoms in total.